The number of carbonyl (C=O) groups excluding carboxylic acids is 2. The number of ketones is 1. The average Bonchev–Trinajstić information content (AvgIpc) is 3.03. The van der Waals surface area contributed by atoms with Gasteiger partial charge in [0.15, 0.2) is 0 Å². The SMILES string of the molecule is COCCCN1C(=O)C(=O)/C(=C(/O)c2cc(OC)ccc2OC)C1c1ccc(F)cc1. The molecule has 8 heteroatoms. The molecule has 0 saturated carbocycles. The molecule has 31 heavy (non-hydrogen) atoms. The first kappa shape index (κ1) is 22.3. The molecule has 0 spiro atoms. The normalized spacial score (nSPS) is 17.8. The number of amides is 1. The van der Waals surface area contributed by atoms with E-state index < -0.39 is 29.3 Å². The molecule has 2 aromatic carbocycles. The number of halogens is 1. The molecule has 0 bridgehead atoms. The molecule has 1 N–H and O–H groups in total. The van der Waals surface area contributed by atoms with Gasteiger partial charge in [-0.25, -0.2) is 4.39 Å². The lowest BCUT2D eigenvalue weighted by Gasteiger charge is -2.25. The van der Waals surface area contributed by atoms with Gasteiger partial charge in [-0.15, -0.1) is 0 Å². The molecule has 164 valence electrons. The smallest absolute Gasteiger partial charge is 0.295 e. The highest BCUT2D eigenvalue weighted by molar-refractivity contribution is 6.46. The Morgan fingerprint density at radius 3 is 2.39 bits per heavy atom. The van der Waals surface area contributed by atoms with E-state index in [1.165, 1.54) is 49.5 Å². The van der Waals surface area contributed by atoms with Crippen molar-refractivity contribution in [1.82, 2.24) is 4.90 Å². The maximum atomic E-state index is 13.5. The van der Waals surface area contributed by atoms with Crippen LogP contribution < -0.4 is 9.47 Å². The van der Waals surface area contributed by atoms with Crippen LogP contribution in [0.5, 0.6) is 11.5 Å². The number of carbonyl (C=O) groups is 2. The number of aliphatic hydroxyl groups is 1. The second-order valence-electron chi connectivity index (χ2n) is 6.96. The molecule has 1 fully saturated rings. The summed E-state index contributed by atoms with van der Waals surface area (Å²) in [6, 6.07) is 9.36. The van der Waals surface area contributed by atoms with Crippen molar-refractivity contribution in [3.63, 3.8) is 0 Å². The van der Waals surface area contributed by atoms with Crippen LogP contribution in [-0.2, 0) is 14.3 Å². The van der Waals surface area contributed by atoms with E-state index in [9.17, 15) is 19.1 Å². The van der Waals surface area contributed by atoms with E-state index in [4.69, 9.17) is 14.2 Å². The summed E-state index contributed by atoms with van der Waals surface area (Å²) in [5.74, 6) is -1.66. The predicted molar refractivity (Wildman–Crippen MR) is 111 cm³/mol. The first-order valence-corrected chi connectivity index (χ1v) is 9.68. The van der Waals surface area contributed by atoms with Crippen LogP contribution >= 0.6 is 0 Å². The topological polar surface area (TPSA) is 85.3 Å². The quantitative estimate of drug-likeness (QED) is 0.300. The summed E-state index contributed by atoms with van der Waals surface area (Å²) in [5, 5.41) is 11.2. The van der Waals surface area contributed by atoms with Gasteiger partial charge in [-0.1, -0.05) is 12.1 Å². The maximum absolute atomic E-state index is 13.5. The zero-order chi connectivity index (χ0) is 22.5. The molecular formula is C23H24FNO6. The summed E-state index contributed by atoms with van der Waals surface area (Å²) >= 11 is 0. The number of aliphatic hydroxyl groups excluding tert-OH is 1. The minimum Gasteiger partial charge on any atom is -0.507 e. The zero-order valence-electron chi connectivity index (χ0n) is 17.6. The van der Waals surface area contributed by atoms with Gasteiger partial charge in [0, 0.05) is 20.3 Å². The fourth-order valence-corrected chi connectivity index (χ4v) is 3.63. The Labute approximate surface area is 179 Å². The van der Waals surface area contributed by atoms with Gasteiger partial charge in [0.25, 0.3) is 11.7 Å². The second-order valence-corrected chi connectivity index (χ2v) is 6.96. The lowest BCUT2D eigenvalue weighted by Crippen LogP contribution is -2.31. The van der Waals surface area contributed by atoms with Gasteiger partial charge in [-0.05, 0) is 42.3 Å². The van der Waals surface area contributed by atoms with Crippen molar-refractivity contribution in [3.05, 3.63) is 65.0 Å². The number of rotatable bonds is 8. The van der Waals surface area contributed by atoms with Gasteiger partial charge in [0.1, 0.15) is 23.1 Å². The summed E-state index contributed by atoms with van der Waals surface area (Å²) in [5.41, 5.74) is 0.617. The largest absolute Gasteiger partial charge is 0.507 e. The molecule has 1 amide bonds. The fraction of sp³-hybridized carbons (Fsp3) is 0.304. The molecule has 1 saturated heterocycles. The molecule has 1 heterocycles. The Morgan fingerprint density at radius 1 is 1.06 bits per heavy atom. The minimum atomic E-state index is -0.881. The number of hydrogen-bond acceptors (Lipinski definition) is 6. The summed E-state index contributed by atoms with van der Waals surface area (Å²) in [6.45, 7) is 0.620. The van der Waals surface area contributed by atoms with Crippen LogP contribution in [0.3, 0.4) is 0 Å². The highest BCUT2D eigenvalue weighted by atomic mass is 19.1. The molecule has 1 atom stereocenters. The molecule has 1 aliphatic heterocycles. The van der Waals surface area contributed by atoms with Crippen molar-refractivity contribution in [2.75, 3.05) is 34.5 Å². The van der Waals surface area contributed by atoms with Gasteiger partial charge < -0.3 is 24.2 Å². The van der Waals surface area contributed by atoms with Crippen molar-refractivity contribution < 1.29 is 33.3 Å². The van der Waals surface area contributed by atoms with Gasteiger partial charge in [-0.3, -0.25) is 9.59 Å². The first-order valence-electron chi connectivity index (χ1n) is 9.68. The molecule has 0 aromatic heterocycles. The van der Waals surface area contributed by atoms with Crippen LogP contribution in [0.15, 0.2) is 48.0 Å². The summed E-state index contributed by atoms with van der Waals surface area (Å²) in [7, 11) is 4.44. The average molecular weight is 429 g/mol. The predicted octanol–water partition coefficient (Wildman–Crippen LogP) is 3.30. The van der Waals surface area contributed by atoms with Crippen molar-refractivity contribution in [1.29, 1.82) is 0 Å². The Balaban J connectivity index is 2.18. The van der Waals surface area contributed by atoms with E-state index in [0.29, 0.717) is 30.1 Å². The molecule has 1 unspecified atom stereocenters. The Morgan fingerprint density at radius 2 is 1.77 bits per heavy atom. The number of nitrogens with zero attached hydrogens (tertiary/aromatic N) is 1. The van der Waals surface area contributed by atoms with Gasteiger partial charge in [0.2, 0.25) is 0 Å². The first-order chi connectivity index (χ1) is 14.9. The molecule has 0 aliphatic carbocycles. The van der Waals surface area contributed by atoms with E-state index in [-0.39, 0.29) is 17.7 Å². The maximum Gasteiger partial charge on any atom is 0.295 e. The number of Topliss-reactive ketones (excluding diaryl/α,β-unsaturated/α-hetero) is 1. The summed E-state index contributed by atoms with van der Waals surface area (Å²) < 4.78 is 29.1. The standard InChI is InChI=1S/C23H24FNO6/c1-29-12-4-11-25-20(14-5-7-15(24)8-6-14)19(22(27)23(25)28)21(26)17-13-16(30-2)9-10-18(17)31-3/h5-10,13,20,26H,4,11-12H2,1-3H3/b21-19+. The number of hydrogen-bond donors (Lipinski definition) is 1. The van der Waals surface area contributed by atoms with Crippen LogP contribution in [0, 0.1) is 5.82 Å². The van der Waals surface area contributed by atoms with Crippen LogP contribution in [0.1, 0.15) is 23.6 Å². The highest BCUT2D eigenvalue weighted by Gasteiger charge is 2.46. The van der Waals surface area contributed by atoms with Gasteiger partial charge in [-0.2, -0.15) is 0 Å². The Hall–Kier alpha value is -3.39. The lowest BCUT2D eigenvalue weighted by molar-refractivity contribution is -0.140. The summed E-state index contributed by atoms with van der Waals surface area (Å²) in [4.78, 5) is 27.2. The molecule has 2 aromatic rings. The number of likely N-dealkylation sites (tertiary alicyclic amines) is 1. The van der Waals surface area contributed by atoms with E-state index >= 15 is 0 Å². The second kappa shape index (κ2) is 9.61. The third-order valence-electron chi connectivity index (χ3n) is 5.13. The molecule has 1 aliphatic rings. The van der Waals surface area contributed by atoms with Gasteiger partial charge >= 0.3 is 0 Å². The molecular weight excluding hydrogens is 405 g/mol. The zero-order valence-corrected chi connectivity index (χ0v) is 17.6. The summed E-state index contributed by atoms with van der Waals surface area (Å²) in [6.07, 6.45) is 0.490. The van der Waals surface area contributed by atoms with Crippen LogP contribution in [0.25, 0.3) is 5.76 Å². The Bertz CT molecular complexity index is 1000. The van der Waals surface area contributed by atoms with Crippen LogP contribution in [-0.4, -0.2) is 56.2 Å². The van der Waals surface area contributed by atoms with E-state index in [0.717, 1.165) is 0 Å². The number of methoxy groups -OCH3 is 3. The van der Waals surface area contributed by atoms with Gasteiger partial charge in [0.05, 0.1) is 31.4 Å². The van der Waals surface area contributed by atoms with Crippen molar-refractivity contribution in [2.24, 2.45) is 0 Å². The van der Waals surface area contributed by atoms with E-state index in [2.05, 4.69) is 0 Å². The van der Waals surface area contributed by atoms with E-state index in [1.54, 1.807) is 19.2 Å². The van der Waals surface area contributed by atoms with Crippen molar-refractivity contribution >= 4 is 17.4 Å². The van der Waals surface area contributed by atoms with E-state index in [1.807, 2.05) is 0 Å². The van der Waals surface area contributed by atoms with Crippen molar-refractivity contribution in [3.8, 4) is 11.5 Å². The van der Waals surface area contributed by atoms with Crippen LogP contribution in [0.2, 0.25) is 0 Å². The third kappa shape index (κ3) is 4.39. The monoisotopic (exact) mass is 429 g/mol. The van der Waals surface area contributed by atoms with Crippen molar-refractivity contribution in [2.45, 2.75) is 12.5 Å². The van der Waals surface area contributed by atoms with Crippen LogP contribution in [0.4, 0.5) is 4.39 Å². The third-order valence-corrected chi connectivity index (χ3v) is 5.13. The molecule has 0 radical (unpaired) electrons. The molecule has 7 nitrogen and oxygen atoms in total. The fourth-order valence-electron chi connectivity index (χ4n) is 3.63. The lowest BCUT2D eigenvalue weighted by atomic mass is 9.95. The highest BCUT2D eigenvalue weighted by Crippen LogP contribution is 2.41. The number of benzene rings is 2. The number of ether oxygens (including phenoxy) is 3. The Kier molecular flexibility index (Phi) is 6.91. The minimum absolute atomic E-state index is 0.0967. The molecule has 3 rings (SSSR count).